The number of aromatic hydroxyl groups is 1. The maximum Gasteiger partial charge on any atom is 0.318 e. The van der Waals surface area contributed by atoms with Crippen molar-refractivity contribution >= 4 is 44.3 Å². The monoisotopic (exact) mass is 359 g/mol. The molecule has 0 radical (unpaired) electrons. The molecule has 25 heavy (non-hydrogen) atoms. The molecule has 2 aromatic carbocycles. The average molecular weight is 359 g/mol. The summed E-state index contributed by atoms with van der Waals surface area (Å²) in [6.07, 6.45) is 1.06. The lowest BCUT2D eigenvalue weighted by molar-refractivity contribution is -0.394. The number of phenolic OH excluding ortho intramolecular Hbond substituents is 1. The summed E-state index contributed by atoms with van der Waals surface area (Å²) in [6, 6.07) is 9.11. The third kappa shape index (κ3) is 3.35. The van der Waals surface area contributed by atoms with E-state index >= 15 is 0 Å². The van der Waals surface area contributed by atoms with Gasteiger partial charge in [-0.15, -0.1) is 0 Å². The van der Waals surface area contributed by atoms with E-state index in [1.807, 2.05) is 24.3 Å². The van der Waals surface area contributed by atoms with Crippen LogP contribution in [0, 0.1) is 20.2 Å². The van der Waals surface area contributed by atoms with Gasteiger partial charge in [-0.3, -0.25) is 25.7 Å². The number of hydrogen-bond acceptors (Lipinski definition) is 9. The van der Waals surface area contributed by atoms with Crippen molar-refractivity contribution in [1.29, 1.82) is 0 Å². The lowest BCUT2D eigenvalue weighted by Gasteiger charge is -2.01. The van der Waals surface area contributed by atoms with Gasteiger partial charge in [0.05, 0.1) is 37.9 Å². The van der Waals surface area contributed by atoms with Crippen LogP contribution in [0.15, 0.2) is 41.5 Å². The van der Waals surface area contributed by atoms with Crippen LogP contribution < -0.4 is 5.43 Å². The smallest absolute Gasteiger partial charge is 0.318 e. The number of nitro benzene ring substituents is 2. The Kier molecular flexibility index (Phi) is 4.22. The number of hydrazone groups is 1. The van der Waals surface area contributed by atoms with Crippen LogP contribution in [0.5, 0.6) is 5.75 Å². The van der Waals surface area contributed by atoms with Crippen molar-refractivity contribution in [2.24, 2.45) is 5.10 Å². The van der Waals surface area contributed by atoms with Gasteiger partial charge < -0.3 is 5.11 Å². The molecule has 0 unspecified atom stereocenters. The van der Waals surface area contributed by atoms with Gasteiger partial charge in [-0.05, 0) is 12.1 Å². The number of nitro groups is 2. The molecule has 0 aliphatic rings. The largest absolute Gasteiger partial charge is 0.502 e. The topological polar surface area (TPSA) is 144 Å². The third-order valence-corrected chi connectivity index (χ3v) is 4.11. The van der Waals surface area contributed by atoms with E-state index in [9.17, 15) is 25.3 Å². The summed E-state index contributed by atoms with van der Waals surface area (Å²) in [5.74, 6) is -0.703. The molecule has 10 nitrogen and oxygen atoms in total. The van der Waals surface area contributed by atoms with Crippen molar-refractivity contribution in [3.05, 3.63) is 62.2 Å². The summed E-state index contributed by atoms with van der Waals surface area (Å²) in [4.78, 5) is 24.3. The Hall–Kier alpha value is -3.60. The van der Waals surface area contributed by atoms with Crippen molar-refractivity contribution in [3.63, 3.8) is 0 Å². The van der Waals surface area contributed by atoms with Crippen LogP contribution in [0.1, 0.15) is 5.56 Å². The summed E-state index contributed by atoms with van der Waals surface area (Å²) in [7, 11) is 0. The first-order valence-corrected chi connectivity index (χ1v) is 7.58. The van der Waals surface area contributed by atoms with Gasteiger partial charge in [0, 0.05) is 6.07 Å². The molecular formula is C14H9N5O5S. The predicted octanol–water partition coefficient (Wildman–Crippen LogP) is 3.26. The summed E-state index contributed by atoms with van der Waals surface area (Å²) in [5.41, 5.74) is 1.96. The number of non-ortho nitro benzene ring substituents is 1. The molecule has 3 rings (SSSR count). The molecule has 0 saturated heterocycles. The molecule has 3 aromatic rings. The van der Waals surface area contributed by atoms with E-state index in [-0.39, 0.29) is 5.56 Å². The van der Waals surface area contributed by atoms with Crippen LogP contribution >= 0.6 is 11.3 Å². The lowest BCUT2D eigenvalue weighted by Crippen LogP contribution is -1.97. The first-order chi connectivity index (χ1) is 12.0. The molecule has 0 aliphatic heterocycles. The SMILES string of the molecule is O=[N+]([O-])c1cc(C=NNc2nc3ccccc3s2)c(O)c([N+](=O)[O-])c1. The van der Waals surface area contributed by atoms with E-state index in [0.29, 0.717) is 11.2 Å². The number of thiazole rings is 1. The Balaban J connectivity index is 1.89. The zero-order valence-electron chi connectivity index (χ0n) is 12.3. The molecule has 0 spiro atoms. The number of hydrogen-bond donors (Lipinski definition) is 2. The van der Waals surface area contributed by atoms with Gasteiger partial charge in [-0.2, -0.15) is 5.10 Å². The van der Waals surface area contributed by atoms with E-state index in [0.717, 1.165) is 22.5 Å². The van der Waals surface area contributed by atoms with Gasteiger partial charge in [0.25, 0.3) is 5.69 Å². The van der Waals surface area contributed by atoms with Gasteiger partial charge in [-0.1, -0.05) is 23.5 Å². The molecule has 0 saturated carbocycles. The predicted molar refractivity (Wildman–Crippen MR) is 92.3 cm³/mol. The molecule has 2 N–H and O–H groups in total. The molecule has 0 amide bonds. The van der Waals surface area contributed by atoms with Gasteiger partial charge in [0.1, 0.15) is 0 Å². The van der Waals surface area contributed by atoms with Gasteiger partial charge in [-0.25, -0.2) is 4.98 Å². The van der Waals surface area contributed by atoms with E-state index in [2.05, 4.69) is 15.5 Å². The molecule has 0 aliphatic carbocycles. The van der Waals surface area contributed by atoms with Crippen LogP contribution in [0.25, 0.3) is 10.2 Å². The highest BCUT2D eigenvalue weighted by Gasteiger charge is 2.23. The molecule has 11 heteroatoms. The second kappa shape index (κ2) is 6.49. The Labute approximate surface area is 143 Å². The second-order valence-electron chi connectivity index (χ2n) is 4.77. The maximum atomic E-state index is 10.9. The second-order valence-corrected chi connectivity index (χ2v) is 5.80. The summed E-state index contributed by atoms with van der Waals surface area (Å²) in [6.45, 7) is 0. The maximum absolute atomic E-state index is 10.9. The van der Waals surface area contributed by atoms with E-state index in [1.54, 1.807) is 0 Å². The summed E-state index contributed by atoms with van der Waals surface area (Å²) in [5, 5.41) is 36.0. The van der Waals surface area contributed by atoms with Crippen molar-refractivity contribution in [2.75, 3.05) is 5.43 Å². The molecule has 0 fully saturated rings. The van der Waals surface area contributed by atoms with Gasteiger partial charge in [0.2, 0.25) is 10.9 Å². The van der Waals surface area contributed by atoms with E-state index in [4.69, 9.17) is 0 Å². The quantitative estimate of drug-likeness (QED) is 0.404. The molecular weight excluding hydrogens is 350 g/mol. The van der Waals surface area contributed by atoms with Gasteiger partial charge in [0.15, 0.2) is 0 Å². The number of fused-ring (bicyclic) bond motifs is 1. The highest BCUT2D eigenvalue weighted by molar-refractivity contribution is 7.22. The Bertz CT molecular complexity index is 983. The summed E-state index contributed by atoms with van der Waals surface area (Å²) >= 11 is 1.34. The minimum atomic E-state index is -0.902. The number of rotatable bonds is 5. The minimum Gasteiger partial charge on any atom is -0.502 e. The number of phenols is 1. The van der Waals surface area contributed by atoms with Crippen LogP contribution in [-0.2, 0) is 0 Å². The van der Waals surface area contributed by atoms with Crippen molar-refractivity contribution in [1.82, 2.24) is 4.98 Å². The number of para-hydroxylation sites is 1. The minimum absolute atomic E-state index is 0.158. The average Bonchev–Trinajstić information content (AvgIpc) is 2.98. The fourth-order valence-electron chi connectivity index (χ4n) is 2.05. The third-order valence-electron chi connectivity index (χ3n) is 3.17. The highest BCUT2D eigenvalue weighted by Crippen LogP contribution is 2.33. The standard InChI is InChI=1S/C14H9N5O5S/c20-13-8(5-9(18(21)22)6-11(13)19(23)24)7-15-17-14-16-10-3-1-2-4-12(10)25-14/h1-7,20H,(H,16,17). The molecule has 0 bridgehead atoms. The van der Waals surface area contributed by atoms with Crippen molar-refractivity contribution < 1.29 is 15.0 Å². The first-order valence-electron chi connectivity index (χ1n) is 6.76. The summed E-state index contributed by atoms with van der Waals surface area (Å²) < 4.78 is 0.939. The molecule has 126 valence electrons. The number of anilines is 1. The fraction of sp³-hybridized carbons (Fsp3) is 0. The number of aromatic nitrogens is 1. The zero-order valence-corrected chi connectivity index (χ0v) is 13.1. The Morgan fingerprint density at radius 3 is 2.64 bits per heavy atom. The fourth-order valence-corrected chi connectivity index (χ4v) is 2.86. The molecule has 0 atom stereocenters. The number of benzene rings is 2. The number of nitrogens with one attached hydrogen (secondary N) is 1. The zero-order chi connectivity index (χ0) is 18.0. The van der Waals surface area contributed by atoms with Crippen LogP contribution in [-0.4, -0.2) is 26.2 Å². The molecule has 1 heterocycles. The van der Waals surface area contributed by atoms with Crippen molar-refractivity contribution in [3.8, 4) is 5.75 Å². The normalized spacial score (nSPS) is 11.0. The Morgan fingerprint density at radius 2 is 1.96 bits per heavy atom. The lowest BCUT2D eigenvalue weighted by atomic mass is 10.1. The van der Waals surface area contributed by atoms with Crippen LogP contribution in [0.3, 0.4) is 0 Å². The van der Waals surface area contributed by atoms with Crippen LogP contribution in [0.2, 0.25) is 0 Å². The highest BCUT2D eigenvalue weighted by atomic mass is 32.1. The van der Waals surface area contributed by atoms with E-state index < -0.39 is 27.0 Å². The Morgan fingerprint density at radius 1 is 1.20 bits per heavy atom. The number of nitrogens with zero attached hydrogens (tertiary/aromatic N) is 4. The molecule has 1 aromatic heterocycles. The van der Waals surface area contributed by atoms with Gasteiger partial charge >= 0.3 is 5.69 Å². The van der Waals surface area contributed by atoms with E-state index in [1.165, 1.54) is 11.3 Å². The first kappa shape index (κ1) is 16.3. The van der Waals surface area contributed by atoms with Crippen LogP contribution in [0.4, 0.5) is 16.5 Å². The van der Waals surface area contributed by atoms with Crippen molar-refractivity contribution in [2.45, 2.75) is 0 Å².